The molecule has 1 saturated heterocycles. The zero-order valence-electron chi connectivity index (χ0n) is 19.2. The van der Waals surface area contributed by atoms with Crippen LogP contribution in [-0.4, -0.2) is 55.8 Å². The van der Waals surface area contributed by atoms with Gasteiger partial charge in [-0.2, -0.15) is 0 Å². The zero-order chi connectivity index (χ0) is 25.9. The quantitative estimate of drug-likeness (QED) is 0.137. The van der Waals surface area contributed by atoms with Gasteiger partial charge in [-0.05, 0) is 17.2 Å². The smallest absolute Gasteiger partial charge is 0.355 e. The number of carbonyl (C=O) groups is 3. The number of nitrogens with zero attached hydrogens (tertiary/aromatic N) is 3. The predicted molar refractivity (Wildman–Crippen MR) is 139 cm³/mol. The average Bonchev–Trinajstić information content (AvgIpc) is 3.36. The molecular weight excluding hydrogens is 514 g/mol. The Kier molecular flexibility index (Phi) is 6.93. The molecule has 2 atom stereocenters. The molecule has 0 bridgehead atoms. The van der Waals surface area contributed by atoms with Crippen LogP contribution < -0.4 is 11.1 Å². The van der Waals surface area contributed by atoms with Crippen LogP contribution in [0.3, 0.4) is 0 Å². The molecule has 0 saturated carbocycles. The van der Waals surface area contributed by atoms with Crippen LogP contribution in [0.5, 0.6) is 0 Å². The van der Waals surface area contributed by atoms with E-state index < -0.39 is 35.3 Å². The molecule has 12 heteroatoms. The highest BCUT2D eigenvalue weighted by Crippen LogP contribution is 2.39. The lowest BCUT2D eigenvalue weighted by Crippen LogP contribution is -2.70. The maximum Gasteiger partial charge on any atom is 0.355 e. The number of carbonyl (C=O) groups excluding carboxylic acids is 3. The van der Waals surface area contributed by atoms with E-state index in [1.807, 2.05) is 60.7 Å². The summed E-state index contributed by atoms with van der Waals surface area (Å²) in [5, 5.41) is 16.1. The third-order valence-corrected chi connectivity index (χ3v) is 7.71. The van der Waals surface area contributed by atoms with E-state index in [1.165, 1.54) is 22.0 Å². The number of anilines is 1. The Morgan fingerprint density at radius 2 is 1.78 bits per heavy atom. The fourth-order valence-corrected chi connectivity index (χ4v) is 5.84. The lowest BCUT2D eigenvalue weighted by atomic mass is 10.0. The van der Waals surface area contributed by atoms with Crippen molar-refractivity contribution in [3.63, 3.8) is 0 Å². The SMILES string of the molecule is Nc1nc(/C(=N\O)C(=O)N[C@@H]2C(=O)N3C(C(=O)OC(c4ccccc4)c4ccccc4)=CCS[C@H]23)cs1. The van der Waals surface area contributed by atoms with Crippen molar-refractivity contribution in [3.8, 4) is 0 Å². The number of thioether (sulfide) groups is 1. The number of nitrogens with two attached hydrogens (primary N) is 1. The Balaban J connectivity index is 1.31. The molecule has 0 spiro atoms. The van der Waals surface area contributed by atoms with Crippen molar-refractivity contribution in [1.29, 1.82) is 0 Å². The fourth-order valence-electron chi connectivity index (χ4n) is 4.10. The monoisotopic (exact) mass is 535 g/mol. The number of esters is 1. The van der Waals surface area contributed by atoms with Gasteiger partial charge >= 0.3 is 5.97 Å². The Hall–Kier alpha value is -4.16. The Labute approximate surface area is 219 Å². The number of β-lactam (4-membered cyclic amide) rings is 1. The Morgan fingerprint density at radius 1 is 1.14 bits per heavy atom. The molecule has 3 heterocycles. The van der Waals surface area contributed by atoms with Crippen LogP contribution in [0.15, 0.2) is 83.0 Å². The van der Waals surface area contributed by atoms with E-state index in [0.717, 1.165) is 22.5 Å². The van der Waals surface area contributed by atoms with Crippen molar-refractivity contribution in [2.75, 3.05) is 11.5 Å². The first-order valence-electron chi connectivity index (χ1n) is 11.2. The van der Waals surface area contributed by atoms with Crippen LogP contribution in [0.1, 0.15) is 22.9 Å². The molecule has 1 fully saturated rings. The van der Waals surface area contributed by atoms with E-state index in [0.29, 0.717) is 5.75 Å². The van der Waals surface area contributed by atoms with Crippen LogP contribution in [0.4, 0.5) is 5.13 Å². The van der Waals surface area contributed by atoms with Gasteiger partial charge in [0.05, 0.1) is 0 Å². The first-order valence-corrected chi connectivity index (χ1v) is 13.1. The summed E-state index contributed by atoms with van der Waals surface area (Å²) in [5.41, 5.74) is 7.05. The highest BCUT2D eigenvalue weighted by Gasteiger charge is 2.53. The number of hydrogen-bond donors (Lipinski definition) is 3. The van der Waals surface area contributed by atoms with Gasteiger partial charge in [0, 0.05) is 11.1 Å². The summed E-state index contributed by atoms with van der Waals surface area (Å²) in [4.78, 5) is 44.3. The van der Waals surface area contributed by atoms with Gasteiger partial charge in [-0.1, -0.05) is 65.8 Å². The maximum absolute atomic E-state index is 13.3. The number of nitrogens with one attached hydrogen (secondary N) is 1. The number of amides is 2. The normalized spacial score (nSPS) is 19.1. The number of nitrogen functional groups attached to an aromatic ring is 1. The minimum atomic E-state index is -0.916. The van der Waals surface area contributed by atoms with E-state index >= 15 is 0 Å². The summed E-state index contributed by atoms with van der Waals surface area (Å²) in [6.45, 7) is 0. The number of benzene rings is 2. The van der Waals surface area contributed by atoms with Crippen molar-refractivity contribution in [1.82, 2.24) is 15.2 Å². The molecule has 2 amide bonds. The summed E-state index contributed by atoms with van der Waals surface area (Å²) in [5.74, 6) is -1.45. The number of aromatic nitrogens is 1. The molecule has 188 valence electrons. The topological polar surface area (TPSA) is 147 Å². The standard InChI is InChI=1S/C25H21N5O5S2/c26-25-27-16(13-37-25)18(29-34)21(31)28-19-22(32)30-17(11-12-36-23(19)30)24(33)35-20(14-7-3-1-4-8-14)15-9-5-2-6-10-15/h1-11,13,19-20,23,34H,12H2,(H2,26,27)(H,28,31)/b29-18+/t19-,23-/m1/s1. The summed E-state index contributed by atoms with van der Waals surface area (Å²) in [7, 11) is 0. The van der Waals surface area contributed by atoms with Gasteiger partial charge in [-0.3, -0.25) is 14.5 Å². The zero-order valence-corrected chi connectivity index (χ0v) is 20.8. The van der Waals surface area contributed by atoms with Crippen molar-refractivity contribution < 1.29 is 24.3 Å². The number of fused-ring (bicyclic) bond motifs is 1. The van der Waals surface area contributed by atoms with Gasteiger partial charge in [0.15, 0.2) is 16.9 Å². The fraction of sp³-hybridized carbons (Fsp3) is 0.160. The average molecular weight is 536 g/mol. The molecule has 5 rings (SSSR count). The molecule has 2 aliphatic rings. The van der Waals surface area contributed by atoms with E-state index in [2.05, 4.69) is 15.5 Å². The molecule has 2 aromatic carbocycles. The van der Waals surface area contributed by atoms with Crippen molar-refractivity contribution in [3.05, 3.63) is 94.6 Å². The van der Waals surface area contributed by atoms with E-state index in [9.17, 15) is 19.6 Å². The van der Waals surface area contributed by atoms with Gasteiger partial charge in [-0.15, -0.1) is 23.1 Å². The lowest BCUT2D eigenvalue weighted by molar-refractivity contribution is -0.154. The summed E-state index contributed by atoms with van der Waals surface area (Å²) in [6.07, 6.45) is 0.982. The van der Waals surface area contributed by atoms with Crippen molar-refractivity contribution in [2.45, 2.75) is 17.5 Å². The third kappa shape index (κ3) is 4.80. The minimum Gasteiger partial charge on any atom is -0.448 e. The molecule has 2 aliphatic heterocycles. The minimum absolute atomic E-state index is 0.0967. The van der Waals surface area contributed by atoms with Crippen LogP contribution in [-0.2, 0) is 19.1 Å². The molecule has 1 aromatic heterocycles. The van der Waals surface area contributed by atoms with E-state index in [4.69, 9.17) is 10.5 Å². The summed E-state index contributed by atoms with van der Waals surface area (Å²) >= 11 is 2.47. The first kappa shape index (κ1) is 24.5. The third-order valence-electron chi connectivity index (χ3n) is 5.85. The Morgan fingerprint density at radius 3 is 2.35 bits per heavy atom. The molecular formula is C25H21N5O5S2. The number of hydrogen-bond acceptors (Lipinski definition) is 10. The van der Waals surface area contributed by atoms with Crippen molar-refractivity contribution >= 4 is 51.7 Å². The second-order valence-electron chi connectivity index (χ2n) is 8.10. The highest BCUT2D eigenvalue weighted by molar-refractivity contribution is 8.00. The maximum atomic E-state index is 13.3. The van der Waals surface area contributed by atoms with E-state index in [-0.39, 0.29) is 22.2 Å². The van der Waals surface area contributed by atoms with Gasteiger partial charge in [0.2, 0.25) is 0 Å². The first-order chi connectivity index (χ1) is 18.0. The summed E-state index contributed by atoms with van der Waals surface area (Å²) < 4.78 is 5.93. The van der Waals surface area contributed by atoms with Crippen LogP contribution in [0.2, 0.25) is 0 Å². The molecule has 0 radical (unpaired) electrons. The van der Waals surface area contributed by atoms with Crippen LogP contribution >= 0.6 is 23.1 Å². The van der Waals surface area contributed by atoms with E-state index in [1.54, 1.807) is 6.08 Å². The van der Waals surface area contributed by atoms with Gasteiger partial charge in [-0.25, -0.2) is 9.78 Å². The Bertz CT molecular complexity index is 1350. The molecule has 4 N–H and O–H groups in total. The van der Waals surface area contributed by atoms with Gasteiger partial charge in [0.1, 0.15) is 22.8 Å². The summed E-state index contributed by atoms with van der Waals surface area (Å²) in [6, 6.07) is 17.8. The number of thiazole rings is 1. The molecule has 37 heavy (non-hydrogen) atoms. The highest BCUT2D eigenvalue weighted by atomic mass is 32.2. The van der Waals surface area contributed by atoms with Gasteiger partial charge in [0.25, 0.3) is 11.8 Å². The molecule has 0 aliphatic carbocycles. The number of ether oxygens (including phenoxy) is 1. The van der Waals surface area contributed by atoms with Crippen molar-refractivity contribution in [2.24, 2.45) is 5.16 Å². The van der Waals surface area contributed by atoms with Crippen LogP contribution in [0, 0.1) is 0 Å². The molecule has 3 aromatic rings. The molecule has 0 unspecified atom stereocenters. The second kappa shape index (κ2) is 10.4. The predicted octanol–water partition coefficient (Wildman–Crippen LogP) is 2.52. The molecule has 10 nitrogen and oxygen atoms in total. The number of oxime groups is 1. The number of rotatable bonds is 7. The lowest BCUT2D eigenvalue weighted by Gasteiger charge is -2.48. The van der Waals surface area contributed by atoms with Crippen LogP contribution in [0.25, 0.3) is 0 Å². The second-order valence-corrected chi connectivity index (χ2v) is 10.1. The van der Waals surface area contributed by atoms with Gasteiger partial charge < -0.3 is 21.0 Å². The largest absolute Gasteiger partial charge is 0.448 e.